The lowest BCUT2D eigenvalue weighted by Crippen LogP contribution is -2.40. The molecule has 0 saturated carbocycles. The van der Waals surface area contributed by atoms with E-state index >= 15 is 0 Å². The molecule has 0 bridgehead atoms. The molecule has 132 valence electrons. The minimum Gasteiger partial charge on any atom is -0.497 e. The van der Waals surface area contributed by atoms with Crippen molar-refractivity contribution in [3.8, 4) is 5.75 Å². The number of benzene rings is 1. The maximum absolute atomic E-state index is 12.7. The zero-order valence-corrected chi connectivity index (χ0v) is 15.7. The Kier molecular flexibility index (Phi) is 5.58. The molecule has 2 aromatic rings. The predicted molar refractivity (Wildman–Crippen MR) is 99.8 cm³/mol. The van der Waals surface area contributed by atoms with Crippen LogP contribution in [0.15, 0.2) is 51.9 Å². The molecule has 1 unspecified atom stereocenters. The average Bonchev–Trinajstić information content (AvgIpc) is 3.06. The normalized spacial score (nSPS) is 16.9. The Hall–Kier alpha value is -2.08. The Balaban J connectivity index is 1.71. The number of methoxy groups -OCH3 is 1. The third-order valence-electron chi connectivity index (χ3n) is 4.56. The number of carbonyl (C=O) groups excluding carboxylic acids is 1. The molecule has 0 radical (unpaired) electrons. The second kappa shape index (κ2) is 7.87. The number of hydrogen-bond donors (Lipinski definition) is 0. The van der Waals surface area contributed by atoms with Gasteiger partial charge in [0.1, 0.15) is 12.3 Å². The van der Waals surface area contributed by atoms with E-state index < -0.39 is 0 Å². The van der Waals surface area contributed by atoms with Crippen molar-refractivity contribution in [2.75, 3.05) is 13.7 Å². The van der Waals surface area contributed by atoms with Crippen molar-refractivity contribution in [1.82, 2.24) is 9.47 Å². The van der Waals surface area contributed by atoms with Crippen LogP contribution in [0.4, 0.5) is 0 Å². The van der Waals surface area contributed by atoms with Crippen LogP contribution in [-0.2, 0) is 17.8 Å². The van der Waals surface area contributed by atoms with E-state index in [9.17, 15) is 9.59 Å². The third kappa shape index (κ3) is 4.31. The van der Waals surface area contributed by atoms with Crippen molar-refractivity contribution < 1.29 is 9.53 Å². The Morgan fingerprint density at radius 1 is 1.32 bits per heavy atom. The number of carbonyl (C=O) groups is 1. The van der Waals surface area contributed by atoms with Crippen molar-refractivity contribution in [1.29, 1.82) is 0 Å². The number of likely N-dealkylation sites (tertiary alicyclic amines) is 1. The van der Waals surface area contributed by atoms with Gasteiger partial charge in [-0.05, 0) is 59.0 Å². The molecule has 25 heavy (non-hydrogen) atoms. The van der Waals surface area contributed by atoms with Gasteiger partial charge >= 0.3 is 0 Å². The van der Waals surface area contributed by atoms with Crippen LogP contribution in [0.2, 0.25) is 0 Å². The summed E-state index contributed by atoms with van der Waals surface area (Å²) >= 11 is 3.34. The van der Waals surface area contributed by atoms with Gasteiger partial charge in [0.05, 0.1) is 7.11 Å². The summed E-state index contributed by atoms with van der Waals surface area (Å²) < 4.78 is 7.51. The molecule has 1 amide bonds. The fourth-order valence-electron chi connectivity index (χ4n) is 3.31. The maximum atomic E-state index is 12.7. The van der Waals surface area contributed by atoms with Crippen LogP contribution < -0.4 is 10.3 Å². The van der Waals surface area contributed by atoms with E-state index in [-0.39, 0.29) is 24.1 Å². The number of rotatable bonds is 5. The quantitative estimate of drug-likeness (QED) is 0.769. The first-order valence-corrected chi connectivity index (χ1v) is 9.14. The summed E-state index contributed by atoms with van der Waals surface area (Å²) in [4.78, 5) is 26.6. The van der Waals surface area contributed by atoms with Crippen molar-refractivity contribution >= 4 is 21.8 Å². The van der Waals surface area contributed by atoms with E-state index in [4.69, 9.17) is 4.74 Å². The summed E-state index contributed by atoms with van der Waals surface area (Å²) in [6, 6.07) is 11.3. The summed E-state index contributed by atoms with van der Waals surface area (Å²) in [6.07, 6.45) is 4.44. The van der Waals surface area contributed by atoms with E-state index in [0.29, 0.717) is 0 Å². The zero-order chi connectivity index (χ0) is 17.8. The summed E-state index contributed by atoms with van der Waals surface area (Å²) in [5, 5.41) is 0. The van der Waals surface area contributed by atoms with Crippen LogP contribution in [0.3, 0.4) is 0 Å². The van der Waals surface area contributed by atoms with E-state index in [0.717, 1.165) is 41.6 Å². The number of halogens is 1. The van der Waals surface area contributed by atoms with Crippen LogP contribution in [0.1, 0.15) is 18.4 Å². The van der Waals surface area contributed by atoms with Gasteiger partial charge in [-0.25, -0.2) is 0 Å². The van der Waals surface area contributed by atoms with Gasteiger partial charge in [0.15, 0.2) is 0 Å². The fourth-order valence-corrected chi connectivity index (χ4v) is 3.69. The van der Waals surface area contributed by atoms with Gasteiger partial charge in [-0.2, -0.15) is 0 Å². The smallest absolute Gasteiger partial charge is 0.251 e. The van der Waals surface area contributed by atoms with Gasteiger partial charge in [-0.3, -0.25) is 9.59 Å². The second-order valence-corrected chi connectivity index (χ2v) is 7.17. The Bertz CT molecular complexity index is 818. The Morgan fingerprint density at radius 2 is 2.16 bits per heavy atom. The largest absolute Gasteiger partial charge is 0.497 e. The van der Waals surface area contributed by atoms with Gasteiger partial charge in [0.2, 0.25) is 5.91 Å². The maximum Gasteiger partial charge on any atom is 0.251 e. The van der Waals surface area contributed by atoms with E-state index in [2.05, 4.69) is 22.0 Å². The number of hydrogen-bond acceptors (Lipinski definition) is 3. The molecule has 1 aromatic carbocycles. The number of pyridine rings is 1. The lowest BCUT2D eigenvalue weighted by Gasteiger charge is -2.25. The van der Waals surface area contributed by atoms with Gasteiger partial charge in [-0.1, -0.05) is 12.1 Å². The van der Waals surface area contributed by atoms with Crippen LogP contribution in [0.25, 0.3) is 0 Å². The van der Waals surface area contributed by atoms with Crippen molar-refractivity contribution in [2.45, 2.75) is 31.8 Å². The Morgan fingerprint density at radius 3 is 2.96 bits per heavy atom. The fraction of sp³-hybridized carbons (Fsp3) is 0.368. The zero-order valence-electron chi connectivity index (χ0n) is 14.2. The molecule has 1 fully saturated rings. The summed E-state index contributed by atoms with van der Waals surface area (Å²) in [5.74, 6) is 0.819. The molecule has 1 atom stereocenters. The number of ether oxygens (including phenoxy) is 1. The highest BCUT2D eigenvalue weighted by Crippen LogP contribution is 2.23. The van der Waals surface area contributed by atoms with Gasteiger partial charge in [0.25, 0.3) is 5.56 Å². The molecule has 2 heterocycles. The first kappa shape index (κ1) is 17.7. The van der Waals surface area contributed by atoms with Crippen LogP contribution >= 0.6 is 15.9 Å². The topological polar surface area (TPSA) is 51.5 Å². The van der Waals surface area contributed by atoms with Gasteiger partial charge in [-0.15, -0.1) is 0 Å². The van der Waals surface area contributed by atoms with Crippen LogP contribution in [-0.4, -0.2) is 35.1 Å². The van der Waals surface area contributed by atoms with E-state index in [1.54, 1.807) is 19.4 Å². The lowest BCUT2D eigenvalue weighted by atomic mass is 10.0. The number of amides is 1. The minimum atomic E-state index is -0.167. The molecule has 1 aromatic heterocycles. The average molecular weight is 405 g/mol. The highest BCUT2D eigenvalue weighted by molar-refractivity contribution is 9.10. The SMILES string of the molecule is COc1cccc(CC2CCCN2C(=O)Cn2cc(Br)ccc2=O)c1. The second-order valence-electron chi connectivity index (χ2n) is 6.25. The standard InChI is InChI=1S/C19H21BrN2O3/c1-25-17-6-2-4-14(11-17)10-16-5-3-9-22(16)19(24)13-21-12-15(20)7-8-18(21)23/h2,4,6-8,11-12,16H,3,5,9-10,13H2,1H3. The van der Waals surface area contributed by atoms with Gasteiger partial charge in [0, 0.05) is 29.3 Å². The number of nitrogens with zero attached hydrogens (tertiary/aromatic N) is 2. The molecule has 3 rings (SSSR count). The van der Waals surface area contributed by atoms with Crippen LogP contribution in [0, 0.1) is 0 Å². The predicted octanol–water partition coefficient (Wildman–Crippen LogP) is 2.85. The summed E-state index contributed by atoms with van der Waals surface area (Å²) in [5.41, 5.74) is 0.990. The van der Waals surface area contributed by atoms with Crippen molar-refractivity contribution in [2.24, 2.45) is 0 Å². The monoisotopic (exact) mass is 404 g/mol. The Labute approximate surface area is 155 Å². The highest BCUT2D eigenvalue weighted by atomic mass is 79.9. The van der Waals surface area contributed by atoms with E-state index in [1.807, 2.05) is 23.1 Å². The van der Waals surface area contributed by atoms with E-state index in [1.165, 1.54) is 10.6 Å². The van der Waals surface area contributed by atoms with Gasteiger partial charge < -0.3 is 14.2 Å². The molecule has 0 N–H and O–H groups in total. The molecule has 6 heteroatoms. The molecule has 1 saturated heterocycles. The highest BCUT2D eigenvalue weighted by Gasteiger charge is 2.29. The first-order valence-electron chi connectivity index (χ1n) is 8.35. The molecular weight excluding hydrogens is 384 g/mol. The summed E-state index contributed by atoms with van der Waals surface area (Å²) in [7, 11) is 1.65. The molecule has 5 nitrogen and oxygen atoms in total. The molecular formula is C19H21BrN2O3. The first-order chi connectivity index (χ1) is 12.1. The molecule has 1 aliphatic heterocycles. The van der Waals surface area contributed by atoms with Crippen molar-refractivity contribution in [3.63, 3.8) is 0 Å². The molecule has 0 spiro atoms. The van der Waals surface area contributed by atoms with Crippen LogP contribution in [0.5, 0.6) is 5.75 Å². The molecule has 0 aliphatic carbocycles. The van der Waals surface area contributed by atoms with Crippen molar-refractivity contribution in [3.05, 3.63) is 63.0 Å². The number of aromatic nitrogens is 1. The summed E-state index contributed by atoms with van der Waals surface area (Å²) in [6.45, 7) is 0.823. The minimum absolute atomic E-state index is 0.00871. The molecule has 1 aliphatic rings. The lowest BCUT2D eigenvalue weighted by molar-refractivity contribution is -0.132. The third-order valence-corrected chi connectivity index (χ3v) is 5.03.